The topological polar surface area (TPSA) is 81.2 Å². The van der Waals surface area contributed by atoms with Gasteiger partial charge in [0.05, 0.1) is 11.3 Å². The zero-order chi connectivity index (χ0) is 17.6. The van der Waals surface area contributed by atoms with Crippen molar-refractivity contribution in [3.05, 3.63) is 65.8 Å². The van der Waals surface area contributed by atoms with Gasteiger partial charge in [0.15, 0.2) is 11.2 Å². The number of benzene rings is 1. The summed E-state index contributed by atoms with van der Waals surface area (Å²) >= 11 is 1.31. The normalized spacial score (nSPS) is 11.6. The van der Waals surface area contributed by atoms with Crippen LogP contribution in [0.5, 0.6) is 0 Å². The Kier molecular flexibility index (Phi) is 5.15. The molecule has 7 heteroatoms. The standard InChI is InChI=1S/C18H15N3O3S/c1-12(24-17(23)14-7-9-19-10-8-14)16(22)21-18-20-15(11-25-18)13-5-3-2-4-6-13/h2-12H,1H3,(H,20,21,22)/t12-/m0/s1. The van der Waals surface area contributed by atoms with Gasteiger partial charge in [0.1, 0.15) is 0 Å². The minimum Gasteiger partial charge on any atom is -0.449 e. The molecule has 126 valence electrons. The number of thiazole rings is 1. The molecule has 0 fully saturated rings. The molecule has 0 spiro atoms. The lowest BCUT2D eigenvalue weighted by atomic mass is 10.2. The van der Waals surface area contributed by atoms with Gasteiger partial charge in [-0.05, 0) is 19.1 Å². The van der Waals surface area contributed by atoms with E-state index in [9.17, 15) is 9.59 Å². The predicted octanol–water partition coefficient (Wildman–Crippen LogP) is 3.39. The van der Waals surface area contributed by atoms with Gasteiger partial charge in [-0.15, -0.1) is 11.3 Å². The second kappa shape index (κ2) is 7.67. The maximum Gasteiger partial charge on any atom is 0.339 e. The Balaban J connectivity index is 1.60. The number of hydrogen-bond acceptors (Lipinski definition) is 6. The van der Waals surface area contributed by atoms with Crippen LogP contribution in [0.3, 0.4) is 0 Å². The molecule has 2 heterocycles. The average Bonchev–Trinajstić information content (AvgIpc) is 3.11. The van der Waals surface area contributed by atoms with Crippen molar-refractivity contribution < 1.29 is 14.3 Å². The van der Waals surface area contributed by atoms with E-state index in [4.69, 9.17) is 4.74 Å². The number of pyridine rings is 1. The van der Waals surface area contributed by atoms with Gasteiger partial charge in [0, 0.05) is 23.3 Å². The molecule has 0 saturated heterocycles. The van der Waals surface area contributed by atoms with Gasteiger partial charge in [-0.2, -0.15) is 0 Å². The number of carbonyl (C=O) groups is 2. The number of aromatic nitrogens is 2. The molecule has 0 unspecified atom stereocenters. The monoisotopic (exact) mass is 353 g/mol. The van der Waals surface area contributed by atoms with E-state index >= 15 is 0 Å². The van der Waals surface area contributed by atoms with Crippen LogP contribution in [-0.2, 0) is 9.53 Å². The predicted molar refractivity (Wildman–Crippen MR) is 95.3 cm³/mol. The van der Waals surface area contributed by atoms with Gasteiger partial charge < -0.3 is 4.74 Å². The zero-order valence-electron chi connectivity index (χ0n) is 13.4. The molecule has 0 aliphatic carbocycles. The van der Waals surface area contributed by atoms with Gasteiger partial charge >= 0.3 is 5.97 Å². The van der Waals surface area contributed by atoms with E-state index in [0.29, 0.717) is 10.7 Å². The SMILES string of the molecule is C[C@H](OC(=O)c1ccncc1)C(=O)Nc1nc(-c2ccccc2)cs1. The van der Waals surface area contributed by atoms with Crippen molar-refractivity contribution in [1.29, 1.82) is 0 Å². The van der Waals surface area contributed by atoms with E-state index in [-0.39, 0.29) is 0 Å². The average molecular weight is 353 g/mol. The first kappa shape index (κ1) is 16.8. The highest BCUT2D eigenvalue weighted by Gasteiger charge is 2.20. The Morgan fingerprint density at radius 1 is 1.12 bits per heavy atom. The van der Waals surface area contributed by atoms with E-state index in [1.165, 1.54) is 42.8 Å². The van der Waals surface area contributed by atoms with Gasteiger partial charge in [0.25, 0.3) is 5.91 Å². The van der Waals surface area contributed by atoms with Crippen molar-refractivity contribution in [2.24, 2.45) is 0 Å². The maximum absolute atomic E-state index is 12.2. The number of amides is 1. The Morgan fingerprint density at radius 3 is 2.56 bits per heavy atom. The fourth-order valence-electron chi connectivity index (χ4n) is 2.05. The van der Waals surface area contributed by atoms with Crippen molar-refractivity contribution in [2.75, 3.05) is 5.32 Å². The number of anilines is 1. The summed E-state index contributed by atoms with van der Waals surface area (Å²) in [5.74, 6) is -1.01. The van der Waals surface area contributed by atoms with Crippen molar-refractivity contribution in [1.82, 2.24) is 9.97 Å². The lowest BCUT2D eigenvalue weighted by Crippen LogP contribution is -2.29. The molecule has 0 aliphatic heterocycles. The molecule has 0 aliphatic rings. The number of esters is 1. The second-order valence-electron chi connectivity index (χ2n) is 5.18. The molecule has 2 aromatic heterocycles. The molecule has 0 bridgehead atoms. The van der Waals surface area contributed by atoms with Crippen LogP contribution >= 0.6 is 11.3 Å². The highest BCUT2D eigenvalue weighted by Crippen LogP contribution is 2.24. The third kappa shape index (κ3) is 4.27. The Hall–Kier alpha value is -3.06. The fraction of sp³-hybridized carbons (Fsp3) is 0.111. The van der Waals surface area contributed by atoms with Crippen LogP contribution in [0.2, 0.25) is 0 Å². The quantitative estimate of drug-likeness (QED) is 0.711. The first-order valence-electron chi connectivity index (χ1n) is 7.56. The van der Waals surface area contributed by atoms with E-state index < -0.39 is 18.0 Å². The van der Waals surface area contributed by atoms with Crippen molar-refractivity contribution in [3.63, 3.8) is 0 Å². The molecule has 3 rings (SSSR count). The van der Waals surface area contributed by atoms with E-state index in [1.807, 2.05) is 35.7 Å². The van der Waals surface area contributed by atoms with Crippen LogP contribution in [0.4, 0.5) is 5.13 Å². The van der Waals surface area contributed by atoms with Crippen molar-refractivity contribution in [2.45, 2.75) is 13.0 Å². The Labute approximate surface area is 148 Å². The first-order valence-corrected chi connectivity index (χ1v) is 8.44. The molecule has 1 N–H and O–H groups in total. The minimum absolute atomic E-state index is 0.343. The molecule has 6 nitrogen and oxygen atoms in total. The first-order chi connectivity index (χ1) is 12.1. The third-order valence-corrected chi connectivity index (χ3v) is 4.13. The summed E-state index contributed by atoms with van der Waals surface area (Å²) in [5.41, 5.74) is 2.09. The summed E-state index contributed by atoms with van der Waals surface area (Å²) in [7, 11) is 0. The third-order valence-electron chi connectivity index (χ3n) is 3.37. The van der Waals surface area contributed by atoms with Crippen LogP contribution < -0.4 is 5.32 Å². The number of rotatable bonds is 5. The highest BCUT2D eigenvalue weighted by atomic mass is 32.1. The van der Waals surface area contributed by atoms with Crippen molar-refractivity contribution >= 4 is 28.3 Å². The second-order valence-corrected chi connectivity index (χ2v) is 6.03. The number of ether oxygens (including phenoxy) is 1. The van der Waals surface area contributed by atoms with Gasteiger partial charge in [-0.25, -0.2) is 9.78 Å². The van der Waals surface area contributed by atoms with Crippen LogP contribution in [0.15, 0.2) is 60.2 Å². The van der Waals surface area contributed by atoms with Crippen LogP contribution in [0.1, 0.15) is 17.3 Å². The van der Waals surface area contributed by atoms with Crippen LogP contribution in [-0.4, -0.2) is 27.9 Å². The lowest BCUT2D eigenvalue weighted by molar-refractivity contribution is -0.123. The summed E-state index contributed by atoms with van der Waals surface area (Å²) in [6, 6.07) is 12.7. The number of hydrogen-bond donors (Lipinski definition) is 1. The maximum atomic E-state index is 12.2. The number of nitrogens with zero attached hydrogens (tertiary/aromatic N) is 2. The largest absolute Gasteiger partial charge is 0.449 e. The summed E-state index contributed by atoms with van der Waals surface area (Å²) in [4.78, 5) is 32.4. The molecule has 0 radical (unpaired) electrons. The molecule has 1 amide bonds. The van der Waals surface area contributed by atoms with Crippen LogP contribution in [0, 0.1) is 0 Å². The van der Waals surface area contributed by atoms with Gasteiger partial charge in [-0.3, -0.25) is 15.1 Å². The number of nitrogens with one attached hydrogen (secondary N) is 1. The molecule has 1 atom stereocenters. The lowest BCUT2D eigenvalue weighted by Gasteiger charge is -2.12. The zero-order valence-corrected chi connectivity index (χ0v) is 14.2. The molecule has 3 aromatic rings. The van der Waals surface area contributed by atoms with Crippen LogP contribution in [0.25, 0.3) is 11.3 Å². The summed E-state index contributed by atoms with van der Waals surface area (Å²) in [6.07, 6.45) is 2.04. The highest BCUT2D eigenvalue weighted by molar-refractivity contribution is 7.14. The Bertz CT molecular complexity index is 866. The van der Waals surface area contributed by atoms with E-state index in [2.05, 4.69) is 15.3 Å². The summed E-state index contributed by atoms with van der Waals surface area (Å²) in [6.45, 7) is 1.51. The summed E-state index contributed by atoms with van der Waals surface area (Å²) < 4.78 is 5.16. The van der Waals surface area contributed by atoms with Gasteiger partial charge in [-0.1, -0.05) is 30.3 Å². The minimum atomic E-state index is -0.940. The molecular weight excluding hydrogens is 338 g/mol. The molecular formula is C18H15N3O3S. The molecule has 1 aromatic carbocycles. The fourth-order valence-corrected chi connectivity index (χ4v) is 2.77. The van der Waals surface area contributed by atoms with E-state index in [1.54, 1.807) is 0 Å². The number of carbonyl (C=O) groups excluding carboxylic acids is 2. The molecule has 0 saturated carbocycles. The molecule has 25 heavy (non-hydrogen) atoms. The van der Waals surface area contributed by atoms with Gasteiger partial charge in [0.2, 0.25) is 0 Å². The van der Waals surface area contributed by atoms with E-state index in [0.717, 1.165) is 11.3 Å². The van der Waals surface area contributed by atoms with Crippen molar-refractivity contribution in [3.8, 4) is 11.3 Å². The smallest absolute Gasteiger partial charge is 0.339 e. The Morgan fingerprint density at radius 2 is 1.84 bits per heavy atom. The summed E-state index contributed by atoms with van der Waals surface area (Å²) in [5, 5.41) is 4.98.